The number of furan rings is 1. The van der Waals surface area contributed by atoms with E-state index in [1.807, 2.05) is 12.1 Å². The van der Waals surface area contributed by atoms with Gasteiger partial charge in [0.1, 0.15) is 11.5 Å². The molecule has 0 radical (unpaired) electrons. The van der Waals surface area contributed by atoms with Crippen LogP contribution in [-0.2, 0) is 13.0 Å². The van der Waals surface area contributed by atoms with E-state index in [2.05, 4.69) is 34.7 Å². The normalized spacial score (nSPS) is 10.3. The Morgan fingerprint density at radius 1 is 1.54 bits per heavy atom. The maximum atomic E-state index is 5.51. The van der Waals surface area contributed by atoms with Crippen molar-refractivity contribution < 1.29 is 4.42 Å². The second-order valence-corrected chi connectivity index (χ2v) is 3.96. The van der Waals surface area contributed by atoms with Gasteiger partial charge in [0.15, 0.2) is 0 Å². The Morgan fingerprint density at radius 3 is 2.77 bits per heavy atom. The standard InChI is InChI=1S/C10H14BrNO/c1-3-9-4-5-10(13-9)7-12-6-8(2)11/h4-5,12H,2-3,6-7H2,1H3. The zero-order valence-electron chi connectivity index (χ0n) is 7.77. The van der Waals surface area contributed by atoms with E-state index in [1.165, 1.54) is 0 Å². The van der Waals surface area contributed by atoms with Crippen molar-refractivity contribution in [3.63, 3.8) is 0 Å². The number of aryl methyl sites for hydroxylation is 1. The van der Waals surface area contributed by atoms with Crippen molar-refractivity contribution in [2.24, 2.45) is 0 Å². The molecule has 0 spiro atoms. The minimum Gasteiger partial charge on any atom is -0.465 e. The van der Waals surface area contributed by atoms with Gasteiger partial charge in [-0.15, -0.1) is 0 Å². The Morgan fingerprint density at radius 2 is 2.23 bits per heavy atom. The first-order chi connectivity index (χ1) is 6.22. The summed E-state index contributed by atoms with van der Waals surface area (Å²) in [6, 6.07) is 4.02. The van der Waals surface area contributed by atoms with E-state index in [0.29, 0.717) is 0 Å². The van der Waals surface area contributed by atoms with Gasteiger partial charge in [0.2, 0.25) is 0 Å². The smallest absolute Gasteiger partial charge is 0.117 e. The molecule has 1 N–H and O–H groups in total. The van der Waals surface area contributed by atoms with E-state index in [4.69, 9.17) is 4.42 Å². The second-order valence-electron chi connectivity index (χ2n) is 2.84. The van der Waals surface area contributed by atoms with Crippen LogP contribution in [0.1, 0.15) is 18.4 Å². The summed E-state index contributed by atoms with van der Waals surface area (Å²) in [7, 11) is 0. The quantitative estimate of drug-likeness (QED) is 0.861. The van der Waals surface area contributed by atoms with Gasteiger partial charge in [-0.1, -0.05) is 29.4 Å². The average molecular weight is 244 g/mol. The lowest BCUT2D eigenvalue weighted by Crippen LogP contribution is -2.13. The molecule has 1 aromatic heterocycles. The first-order valence-electron chi connectivity index (χ1n) is 4.34. The summed E-state index contributed by atoms with van der Waals surface area (Å²) in [5.41, 5.74) is 0. The number of hydrogen-bond donors (Lipinski definition) is 1. The van der Waals surface area contributed by atoms with Crippen LogP contribution in [0.15, 0.2) is 27.6 Å². The van der Waals surface area contributed by atoms with Gasteiger partial charge in [-0.2, -0.15) is 0 Å². The van der Waals surface area contributed by atoms with Crippen LogP contribution in [0.3, 0.4) is 0 Å². The van der Waals surface area contributed by atoms with Gasteiger partial charge in [0.05, 0.1) is 6.54 Å². The molecule has 0 saturated heterocycles. The monoisotopic (exact) mass is 243 g/mol. The first-order valence-corrected chi connectivity index (χ1v) is 5.13. The van der Waals surface area contributed by atoms with Crippen LogP contribution in [0.25, 0.3) is 0 Å². The van der Waals surface area contributed by atoms with Gasteiger partial charge in [-0.05, 0) is 12.1 Å². The molecular formula is C10H14BrNO. The van der Waals surface area contributed by atoms with E-state index in [1.54, 1.807) is 0 Å². The lowest BCUT2D eigenvalue weighted by molar-refractivity contribution is 0.455. The molecule has 1 aromatic rings. The third kappa shape index (κ3) is 3.79. The summed E-state index contributed by atoms with van der Waals surface area (Å²) >= 11 is 3.28. The lowest BCUT2D eigenvalue weighted by atomic mass is 10.3. The fraction of sp³-hybridized carbons (Fsp3) is 0.400. The molecule has 0 aliphatic carbocycles. The zero-order valence-corrected chi connectivity index (χ0v) is 9.36. The highest BCUT2D eigenvalue weighted by molar-refractivity contribution is 9.11. The predicted octanol–water partition coefficient (Wildman–Crippen LogP) is 2.84. The Hall–Kier alpha value is -0.540. The van der Waals surface area contributed by atoms with Crippen LogP contribution in [-0.4, -0.2) is 6.54 Å². The molecule has 0 saturated carbocycles. The van der Waals surface area contributed by atoms with Crippen LogP contribution in [0.4, 0.5) is 0 Å². The van der Waals surface area contributed by atoms with Crippen LogP contribution >= 0.6 is 15.9 Å². The number of hydrogen-bond acceptors (Lipinski definition) is 2. The molecule has 0 aromatic carbocycles. The van der Waals surface area contributed by atoms with Crippen molar-refractivity contribution in [1.29, 1.82) is 0 Å². The van der Waals surface area contributed by atoms with Gasteiger partial charge < -0.3 is 9.73 Å². The van der Waals surface area contributed by atoms with Crippen LogP contribution in [0.2, 0.25) is 0 Å². The maximum Gasteiger partial charge on any atom is 0.117 e. The third-order valence-corrected chi connectivity index (χ3v) is 1.96. The molecule has 0 aliphatic heterocycles. The van der Waals surface area contributed by atoms with Crippen molar-refractivity contribution in [2.75, 3.05) is 6.54 Å². The van der Waals surface area contributed by atoms with Crippen LogP contribution in [0.5, 0.6) is 0 Å². The highest BCUT2D eigenvalue weighted by Crippen LogP contribution is 2.08. The third-order valence-electron chi connectivity index (χ3n) is 1.68. The van der Waals surface area contributed by atoms with Gasteiger partial charge in [-0.25, -0.2) is 0 Å². The van der Waals surface area contributed by atoms with Crippen molar-refractivity contribution in [2.45, 2.75) is 19.9 Å². The molecule has 13 heavy (non-hydrogen) atoms. The van der Waals surface area contributed by atoms with Gasteiger partial charge in [0, 0.05) is 17.4 Å². The van der Waals surface area contributed by atoms with E-state index in [9.17, 15) is 0 Å². The highest BCUT2D eigenvalue weighted by atomic mass is 79.9. The maximum absolute atomic E-state index is 5.51. The molecule has 0 aliphatic rings. The Balaban J connectivity index is 2.32. The molecular weight excluding hydrogens is 230 g/mol. The zero-order chi connectivity index (χ0) is 9.68. The molecule has 0 bridgehead atoms. The molecule has 2 nitrogen and oxygen atoms in total. The number of halogens is 1. The second kappa shape index (κ2) is 5.25. The highest BCUT2D eigenvalue weighted by Gasteiger charge is 1.99. The van der Waals surface area contributed by atoms with E-state index in [0.717, 1.165) is 35.5 Å². The van der Waals surface area contributed by atoms with E-state index in [-0.39, 0.29) is 0 Å². The number of nitrogens with one attached hydrogen (secondary N) is 1. The van der Waals surface area contributed by atoms with Crippen LogP contribution in [0, 0.1) is 0 Å². The van der Waals surface area contributed by atoms with Crippen molar-refractivity contribution in [3.8, 4) is 0 Å². The molecule has 1 heterocycles. The molecule has 72 valence electrons. The minimum absolute atomic E-state index is 0.755. The fourth-order valence-electron chi connectivity index (χ4n) is 1.03. The Kier molecular flexibility index (Phi) is 4.25. The van der Waals surface area contributed by atoms with E-state index < -0.39 is 0 Å². The molecule has 1 rings (SSSR count). The van der Waals surface area contributed by atoms with Gasteiger partial charge >= 0.3 is 0 Å². The summed E-state index contributed by atoms with van der Waals surface area (Å²) in [5, 5.41) is 3.20. The summed E-state index contributed by atoms with van der Waals surface area (Å²) in [5.74, 6) is 2.01. The summed E-state index contributed by atoms with van der Waals surface area (Å²) in [6.45, 7) is 7.33. The van der Waals surface area contributed by atoms with E-state index >= 15 is 0 Å². The van der Waals surface area contributed by atoms with Crippen molar-refractivity contribution in [3.05, 3.63) is 34.7 Å². The lowest BCUT2D eigenvalue weighted by Gasteiger charge is -1.99. The summed E-state index contributed by atoms with van der Waals surface area (Å²) in [6.07, 6.45) is 0.950. The minimum atomic E-state index is 0.755. The summed E-state index contributed by atoms with van der Waals surface area (Å²) < 4.78 is 6.46. The topological polar surface area (TPSA) is 25.2 Å². The first kappa shape index (κ1) is 10.5. The molecule has 0 amide bonds. The molecule has 3 heteroatoms. The number of rotatable bonds is 5. The van der Waals surface area contributed by atoms with Crippen molar-refractivity contribution >= 4 is 15.9 Å². The predicted molar refractivity (Wildman–Crippen MR) is 57.9 cm³/mol. The molecule has 0 unspecified atom stereocenters. The Labute approximate surface area is 87.1 Å². The van der Waals surface area contributed by atoms with Crippen LogP contribution < -0.4 is 5.32 Å². The molecule has 0 fully saturated rings. The summed E-state index contributed by atoms with van der Waals surface area (Å²) in [4.78, 5) is 0. The Bertz CT molecular complexity index is 280. The SMILES string of the molecule is C=C(Br)CNCc1ccc(CC)o1. The van der Waals surface area contributed by atoms with Gasteiger partial charge in [0.25, 0.3) is 0 Å². The fourth-order valence-corrected chi connectivity index (χ4v) is 1.23. The largest absolute Gasteiger partial charge is 0.465 e. The average Bonchev–Trinajstić information content (AvgIpc) is 2.52. The van der Waals surface area contributed by atoms with Crippen molar-refractivity contribution in [1.82, 2.24) is 5.32 Å². The van der Waals surface area contributed by atoms with Gasteiger partial charge in [-0.3, -0.25) is 0 Å². The molecule has 0 atom stereocenters.